The fraction of sp³-hybridized carbons (Fsp3) is 0.727. The molecule has 0 radical (unpaired) electrons. The number of Topliss-reactive ketones (excluding diaryl/α,β-unsaturated/α-hetero) is 2. The van der Waals surface area contributed by atoms with Gasteiger partial charge in [-0.15, -0.1) is 0 Å². The van der Waals surface area contributed by atoms with Crippen LogP contribution in [0.5, 0.6) is 0 Å². The molecule has 0 fully saturated rings. The van der Waals surface area contributed by atoms with Crippen molar-refractivity contribution < 1.29 is 14.4 Å². The molecule has 5 heteroatoms. The van der Waals surface area contributed by atoms with Crippen LogP contribution in [0.2, 0.25) is 0 Å². The van der Waals surface area contributed by atoms with Gasteiger partial charge in [-0.2, -0.15) is 0 Å². The molecule has 0 spiro atoms. The molecule has 0 aromatic rings. The van der Waals surface area contributed by atoms with Crippen LogP contribution in [0.4, 0.5) is 0 Å². The Morgan fingerprint density at radius 3 is 2.06 bits per heavy atom. The molecule has 0 aromatic carbocycles. The summed E-state index contributed by atoms with van der Waals surface area (Å²) in [6.45, 7) is 5.00. The number of hydrogen-bond acceptors (Lipinski definition) is 4. The van der Waals surface area contributed by atoms with Gasteiger partial charge in [0.05, 0.1) is 6.04 Å². The second-order valence-corrected chi connectivity index (χ2v) is 3.97. The molecule has 92 valence electrons. The zero-order valence-corrected chi connectivity index (χ0v) is 10.3. The standard InChI is InChI=1S/C11H20N2O3/c1-7(8(2)14)6-13-11(16)5-10(12-4)9(3)15/h7,10,12H,5-6H2,1-4H3,(H,13,16). The van der Waals surface area contributed by atoms with Gasteiger partial charge >= 0.3 is 0 Å². The maximum atomic E-state index is 11.4. The van der Waals surface area contributed by atoms with Crippen molar-refractivity contribution in [1.29, 1.82) is 0 Å². The van der Waals surface area contributed by atoms with Crippen LogP contribution in [-0.4, -0.2) is 37.1 Å². The first-order chi connectivity index (χ1) is 7.38. The zero-order valence-electron chi connectivity index (χ0n) is 10.3. The van der Waals surface area contributed by atoms with E-state index in [0.29, 0.717) is 6.54 Å². The lowest BCUT2D eigenvalue weighted by Crippen LogP contribution is -2.39. The summed E-state index contributed by atoms with van der Waals surface area (Å²) < 4.78 is 0. The molecular weight excluding hydrogens is 208 g/mol. The summed E-state index contributed by atoms with van der Waals surface area (Å²) in [5.74, 6) is -0.439. The van der Waals surface area contributed by atoms with Gasteiger partial charge in [0.2, 0.25) is 5.91 Å². The van der Waals surface area contributed by atoms with Crippen molar-refractivity contribution in [1.82, 2.24) is 10.6 Å². The largest absolute Gasteiger partial charge is 0.355 e. The smallest absolute Gasteiger partial charge is 0.222 e. The fourth-order valence-corrected chi connectivity index (χ4v) is 1.12. The Labute approximate surface area is 96.0 Å². The molecule has 16 heavy (non-hydrogen) atoms. The third-order valence-corrected chi connectivity index (χ3v) is 2.53. The van der Waals surface area contributed by atoms with Crippen LogP contribution in [0, 0.1) is 5.92 Å². The number of rotatable bonds is 7. The van der Waals surface area contributed by atoms with Crippen LogP contribution < -0.4 is 10.6 Å². The van der Waals surface area contributed by atoms with E-state index in [1.54, 1.807) is 14.0 Å². The van der Waals surface area contributed by atoms with E-state index >= 15 is 0 Å². The van der Waals surface area contributed by atoms with Crippen LogP contribution in [0.25, 0.3) is 0 Å². The minimum atomic E-state index is -0.451. The van der Waals surface area contributed by atoms with Gasteiger partial charge in [0.1, 0.15) is 11.6 Å². The van der Waals surface area contributed by atoms with E-state index < -0.39 is 6.04 Å². The second-order valence-electron chi connectivity index (χ2n) is 3.97. The van der Waals surface area contributed by atoms with Gasteiger partial charge in [0.25, 0.3) is 0 Å². The number of likely N-dealkylation sites (N-methyl/N-ethyl adjacent to an activating group) is 1. The van der Waals surface area contributed by atoms with Gasteiger partial charge in [0.15, 0.2) is 0 Å². The van der Waals surface area contributed by atoms with E-state index in [0.717, 1.165) is 0 Å². The van der Waals surface area contributed by atoms with Gasteiger partial charge < -0.3 is 10.6 Å². The second kappa shape index (κ2) is 7.11. The molecule has 0 aliphatic carbocycles. The van der Waals surface area contributed by atoms with Crippen molar-refractivity contribution in [2.75, 3.05) is 13.6 Å². The summed E-state index contributed by atoms with van der Waals surface area (Å²) in [5.41, 5.74) is 0. The molecule has 1 amide bonds. The lowest BCUT2D eigenvalue weighted by atomic mass is 10.1. The molecule has 0 bridgehead atoms. The Morgan fingerprint density at radius 2 is 1.69 bits per heavy atom. The lowest BCUT2D eigenvalue weighted by Gasteiger charge is -2.13. The molecule has 2 N–H and O–H groups in total. The lowest BCUT2D eigenvalue weighted by molar-refractivity contribution is -0.126. The molecule has 0 rings (SSSR count). The van der Waals surface area contributed by atoms with Crippen molar-refractivity contribution in [2.24, 2.45) is 5.92 Å². The Kier molecular flexibility index (Phi) is 6.56. The minimum absolute atomic E-state index is 0.0389. The van der Waals surface area contributed by atoms with Crippen LogP contribution in [0.1, 0.15) is 27.2 Å². The highest BCUT2D eigenvalue weighted by atomic mass is 16.2. The van der Waals surface area contributed by atoms with E-state index in [9.17, 15) is 14.4 Å². The van der Waals surface area contributed by atoms with Crippen LogP contribution in [-0.2, 0) is 14.4 Å². The maximum Gasteiger partial charge on any atom is 0.222 e. The summed E-state index contributed by atoms with van der Waals surface area (Å²) in [5, 5.41) is 5.40. The number of amides is 1. The van der Waals surface area contributed by atoms with Crippen LogP contribution in [0.3, 0.4) is 0 Å². The summed E-state index contributed by atoms with van der Waals surface area (Å²) in [7, 11) is 1.64. The molecule has 0 saturated carbocycles. The van der Waals surface area contributed by atoms with Gasteiger partial charge in [-0.05, 0) is 20.9 Å². The molecule has 2 unspecified atom stereocenters. The highest BCUT2D eigenvalue weighted by Crippen LogP contribution is 1.96. The first-order valence-electron chi connectivity index (χ1n) is 5.33. The molecule has 0 aromatic heterocycles. The van der Waals surface area contributed by atoms with Crippen LogP contribution >= 0.6 is 0 Å². The Hall–Kier alpha value is -1.23. The minimum Gasteiger partial charge on any atom is -0.355 e. The summed E-state index contributed by atoms with van der Waals surface area (Å²) in [6.07, 6.45) is 0.108. The van der Waals surface area contributed by atoms with Crippen molar-refractivity contribution in [3.05, 3.63) is 0 Å². The number of ketones is 2. The molecule has 5 nitrogen and oxygen atoms in total. The SMILES string of the molecule is CNC(CC(=O)NCC(C)C(C)=O)C(C)=O. The first kappa shape index (κ1) is 14.8. The van der Waals surface area contributed by atoms with Crippen molar-refractivity contribution in [3.63, 3.8) is 0 Å². The van der Waals surface area contributed by atoms with E-state index in [1.165, 1.54) is 13.8 Å². The average Bonchev–Trinajstić information content (AvgIpc) is 2.21. The third-order valence-electron chi connectivity index (χ3n) is 2.53. The molecule has 2 atom stereocenters. The Balaban J connectivity index is 3.99. The topological polar surface area (TPSA) is 75.3 Å². The summed E-state index contributed by atoms with van der Waals surface area (Å²) >= 11 is 0. The van der Waals surface area contributed by atoms with Crippen molar-refractivity contribution in [3.8, 4) is 0 Å². The molecular formula is C11H20N2O3. The number of carbonyl (C=O) groups excluding carboxylic acids is 3. The number of hydrogen-bond donors (Lipinski definition) is 2. The molecule has 0 aliphatic heterocycles. The van der Waals surface area contributed by atoms with Gasteiger partial charge in [0, 0.05) is 18.9 Å². The number of carbonyl (C=O) groups is 3. The van der Waals surface area contributed by atoms with Crippen molar-refractivity contribution >= 4 is 17.5 Å². The quantitative estimate of drug-likeness (QED) is 0.638. The third kappa shape index (κ3) is 5.60. The van der Waals surface area contributed by atoms with Crippen molar-refractivity contribution in [2.45, 2.75) is 33.2 Å². The predicted octanol–water partition coefficient (Wildman–Crippen LogP) is -0.105. The fourth-order valence-electron chi connectivity index (χ4n) is 1.12. The Bertz CT molecular complexity index is 276. The molecule has 0 saturated heterocycles. The summed E-state index contributed by atoms with van der Waals surface area (Å²) in [6, 6.07) is -0.451. The van der Waals surface area contributed by atoms with E-state index in [1.807, 2.05) is 0 Å². The Morgan fingerprint density at radius 1 is 1.12 bits per heavy atom. The van der Waals surface area contributed by atoms with Gasteiger partial charge in [-0.1, -0.05) is 6.92 Å². The summed E-state index contributed by atoms with van der Waals surface area (Å²) in [4.78, 5) is 33.4. The molecule has 0 heterocycles. The monoisotopic (exact) mass is 228 g/mol. The van der Waals surface area contributed by atoms with E-state index in [2.05, 4.69) is 10.6 Å². The first-order valence-corrected chi connectivity index (χ1v) is 5.33. The zero-order chi connectivity index (χ0) is 12.7. The predicted molar refractivity (Wildman–Crippen MR) is 61.0 cm³/mol. The van der Waals surface area contributed by atoms with E-state index in [-0.39, 0.29) is 29.8 Å². The van der Waals surface area contributed by atoms with Gasteiger partial charge in [-0.3, -0.25) is 14.4 Å². The average molecular weight is 228 g/mol. The van der Waals surface area contributed by atoms with Crippen LogP contribution in [0.15, 0.2) is 0 Å². The highest BCUT2D eigenvalue weighted by Gasteiger charge is 2.17. The normalized spacial score (nSPS) is 14.0. The molecule has 0 aliphatic rings. The maximum absolute atomic E-state index is 11.4. The highest BCUT2D eigenvalue weighted by molar-refractivity contribution is 5.88. The van der Waals surface area contributed by atoms with E-state index in [4.69, 9.17) is 0 Å². The number of nitrogens with one attached hydrogen (secondary N) is 2. The van der Waals surface area contributed by atoms with Gasteiger partial charge in [-0.25, -0.2) is 0 Å².